The Balaban J connectivity index is 1.40. The number of rotatable bonds is 4. The van der Waals surface area contributed by atoms with Crippen LogP contribution in [0, 0.1) is 5.92 Å². The van der Waals surface area contributed by atoms with Gasteiger partial charge in [0.2, 0.25) is 5.95 Å². The lowest BCUT2D eigenvalue weighted by atomic mass is 9.95. The largest absolute Gasteiger partial charge is 0.371 e. The van der Waals surface area contributed by atoms with Gasteiger partial charge in [0.25, 0.3) is 5.56 Å². The molecule has 2 aliphatic rings. The minimum absolute atomic E-state index is 0.0316. The molecule has 1 aromatic carbocycles. The van der Waals surface area contributed by atoms with Gasteiger partial charge in [0.1, 0.15) is 5.65 Å². The van der Waals surface area contributed by atoms with E-state index in [0.29, 0.717) is 5.95 Å². The minimum atomic E-state index is 0.0316. The first-order valence-electron chi connectivity index (χ1n) is 11.7. The summed E-state index contributed by atoms with van der Waals surface area (Å²) in [5.74, 6) is 1.28. The summed E-state index contributed by atoms with van der Waals surface area (Å²) in [5, 5.41) is 4.24. The first-order chi connectivity index (χ1) is 15.2. The number of benzene rings is 1. The van der Waals surface area contributed by atoms with Crippen molar-refractivity contribution in [2.45, 2.75) is 57.9 Å². The summed E-state index contributed by atoms with van der Waals surface area (Å²) in [7, 11) is 0. The van der Waals surface area contributed by atoms with Crippen LogP contribution >= 0.6 is 0 Å². The van der Waals surface area contributed by atoms with Crippen molar-refractivity contribution in [2.75, 3.05) is 23.3 Å². The van der Waals surface area contributed by atoms with E-state index in [1.165, 1.54) is 37.8 Å². The van der Waals surface area contributed by atoms with Crippen molar-refractivity contribution < 1.29 is 0 Å². The molecule has 1 aliphatic carbocycles. The van der Waals surface area contributed by atoms with Gasteiger partial charge in [-0.2, -0.15) is 4.98 Å². The number of anilines is 3. The fourth-order valence-corrected chi connectivity index (χ4v) is 5.10. The molecule has 1 aliphatic heterocycles. The molecule has 3 aromatic rings. The number of fused-ring (bicyclic) bond motifs is 1. The number of pyridine rings is 1. The SMILES string of the molecule is CC1CCCN(c2ccc(Nc3ncc4ccc(=O)n(C5CCCCC5)c4n3)cc2)C1. The van der Waals surface area contributed by atoms with Gasteiger partial charge >= 0.3 is 0 Å². The summed E-state index contributed by atoms with van der Waals surface area (Å²) in [4.78, 5) is 24.4. The highest BCUT2D eigenvalue weighted by Crippen LogP contribution is 2.29. The number of nitrogens with one attached hydrogen (secondary N) is 1. The second kappa shape index (κ2) is 8.69. The molecule has 1 N–H and O–H groups in total. The number of piperidine rings is 1. The predicted molar refractivity (Wildman–Crippen MR) is 126 cm³/mol. The van der Waals surface area contributed by atoms with Crippen molar-refractivity contribution in [3.8, 4) is 0 Å². The van der Waals surface area contributed by atoms with Gasteiger partial charge in [-0.15, -0.1) is 0 Å². The topological polar surface area (TPSA) is 63.1 Å². The lowest BCUT2D eigenvalue weighted by Gasteiger charge is -2.32. The molecule has 31 heavy (non-hydrogen) atoms. The zero-order chi connectivity index (χ0) is 21.2. The van der Waals surface area contributed by atoms with Crippen LogP contribution in [0.2, 0.25) is 0 Å². The average molecular weight is 418 g/mol. The van der Waals surface area contributed by atoms with Crippen molar-refractivity contribution in [3.63, 3.8) is 0 Å². The Morgan fingerprint density at radius 3 is 2.55 bits per heavy atom. The summed E-state index contributed by atoms with van der Waals surface area (Å²) in [5.41, 5.74) is 2.98. The third-order valence-corrected chi connectivity index (χ3v) is 6.75. The Morgan fingerprint density at radius 1 is 0.968 bits per heavy atom. The standard InChI is InChI=1S/C25H31N5O/c1-18-6-5-15-29(17-18)21-12-10-20(11-13-21)27-25-26-16-19-9-14-23(31)30(24(19)28-25)22-7-3-2-4-8-22/h9-14,16,18,22H,2-8,15,17H2,1H3,(H,26,27,28). The van der Waals surface area contributed by atoms with E-state index in [-0.39, 0.29) is 11.6 Å². The van der Waals surface area contributed by atoms with E-state index in [4.69, 9.17) is 4.98 Å². The highest BCUT2D eigenvalue weighted by atomic mass is 16.1. The maximum Gasteiger partial charge on any atom is 0.252 e. The number of nitrogens with zero attached hydrogens (tertiary/aromatic N) is 4. The molecule has 0 radical (unpaired) electrons. The Labute approximate surface area is 183 Å². The average Bonchev–Trinajstić information content (AvgIpc) is 2.80. The highest BCUT2D eigenvalue weighted by Gasteiger charge is 2.20. The first kappa shape index (κ1) is 20.0. The smallest absolute Gasteiger partial charge is 0.252 e. The monoisotopic (exact) mass is 417 g/mol. The molecule has 0 amide bonds. The van der Waals surface area contributed by atoms with Crippen molar-refractivity contribution >= 4 is 28.4 Å². The summed E-state index contributed by atoms with van der Waals surface area (Å²) >= 11 is 0. The molecule has 6 nitrogen and oxygen atoms in total. The molecular weight excluding hydrogens is 386 g/mol. The van der Waals surface area contributed by atoms with Crippen molar-refractivity contribution in [1.29, 1.82) is 0 Å². The van der Waals surface area contributed by atoms with E-state index >= 15 is 0 Å². The van der Waals surface area contributed by atoms with Crippen molar-refractivity contribution in [3.05, 3.63) is 52.9 Å². The van der Waals surface area contributed by atoms with Crippen molar-refractivity contribution in [2.24, 2.45) is 5.92 Å². The Kier molecular flexibility index (Phi) is 5.62. The minimum Gasteiger partial charge on any atom is -0.371 e. The summed E-state index contributed by atoms with van der Waals surface area (Å²) in [6, 6.07) is 12.2. The molecule has 0 spiro atoms. The zero-order valence-electron chi connectivity index (χ0n) is 18.3. The fraction of sp³-hybridized carbons (Fsp3) is 0.480. The van der Waals surface area contributed by atoms with Crippen LogP contribution in [0.15, 0.2) is 47.4 Å². The van der Waals surface area contributed by atoms with Crippen LogP contribution in [0.4, 0.5) is 17.3 Å². The highest BCUT2D eigenvalue weighted by molar-refractivity contribution is 5.76. The normalized spacial score (nSPS) is 20.2. The van der Waals surface area contributed by atoms with E-state index in [1.807, 2.05) is 16.8 Å². The van der Waals surface area contributed by atoms with E-state index < -0.39 is 0 Å². The number of hydrogen-bond acceptors (Lipinski definition) is 5. The van der Waals surface area contributed by atoms with E-state index in [1.54, 1.807) is 6.07 Å². The van der Waals surface area contributed by atoms with Crippen molar-refractivity contribution in [1.82, 2.24) is 14.5 Å². The summed E-state index contributed by atoms with van der Waals surface area (Å²) in [6.07, 6.45) is 10.1. The molecule has 1 saturated carbocycles. The van der Waals surface area contributed by atoms with E-state index in [2.05, 4.69) is 46.4 Å². The van der Waals surface area contributed by atoms with E-state index in [0.717, 1.165) is 48.6 Å². The Bertz CT molecular complexity index is 1100. The van der Waals surface area contributed by atoms with Gasteiger partial charge in [-0.05, 0) is 61.9 Å². The molecule has 0 bridgehead atoms. The van der Waals surface area contributed by atoms with Gasteiger partial charge in [-0.3, -0.25) is 9.36 Å². The summed E-state index contributed by atoms with van der Waals surface area (Å²) < 4.78 is 1.89. The number of aromatic nitrogens is 3. The van der Waals surface area contributed by atoms with Crippen LogP contribution in [0.3, 0.4) is 0 Å². The van der Waals surface area contributed by atoms with Gasteiger partial charge in [0.05, 0.1) is 0 Å². The van der Waals surface area contributed by atoms with Crippen LogP contribution in [0.1, 0.15) is 57.9 Å². The van der Waals surface area contributed by atoms with Gasteiger partial charge in [-0.25, -0.2) is 4.98 Å². The lowest BCUT2D eigenvalue weighted by Crippen LogP contribution is -2.34. The maximum absolute atomic E-state index is 12.7. The Hall–Kier alpha value is -2.89. The molecule has 2 aromatic heterocycles. The van der Waals surface area contributed by atoms with Crippen LogP contribution in [0.5, 0.6) is 0 Å². The number of hydrogen-bond donors (Lipinski definition) is 1. The fourth-order valence-electron chi connectivity index (χ4n) is 5.10. The molecule has 2 fully saturated rings. The molecule has 3 heterocycles. The third-order valence-electron chi connectivity index (χ3n) is 6.75. The van der Waals surface area contributed by atoms with Crippen LogP contribution in [-0.4, -0.2) is 27.6 Å². The lowest BCUT2D eigenvalue weighted by molar-refractivity contribution is 0.353. The molecule has 6 heteroatoms. The van der Waals surface area contributed by atoms with Crippen LogP contribution in [0.25, 0.3) is 11.0 Å². The second-order valence-corrected chi connectivity index (χ2v) is 9.17. The maximum atomic E-state index is 12.7. The van der Waals surface area contributed by atoms with Gasteiger partial charge in [0, 0.05) is 48.2 Å². The molecule has 1 atom stereocenters. The first-order valence-corrected chi connectivity index (χ1v) is 11.7. The predicted octanol–water partition coefficient (Wildman–Crippen LogP) is 5.28. The van der Waals surface area contributed by atoms with Gasteiger partial charge < -0.3 is 10.2 Å². The molecule has 5 rings (SSSR count). The quantitative estimate of drug-likeness (QED) is 0.626. The molecule has 1 unspecified atom stereocenters. The molecule has 162 valence electrons. The van der Waals surface area contributed by atoms with E-state index in [9.17, 15) is 4.79 Å². The third kappa shape index (κ3) is 4.29. The second-order valence-electron chi connectivity index (χ2n) is 9.17. The molecule has 1 saturated heterocycles. The van der Waals surface area contributed by atoms with Crippen LogP contribution in [-0.2, 0) is 0 Å². The van der Waals surface area contributed by atoms with Crippen LogP contribution < -0.4 is 15.8 Å². The zero-order valence-corrected chi connectivity index (χ0v) is 18.3. The Morgan fingerprint density at radius 2 is 1.77 bits per heavy atom. The van der Waals surface area contributed by atoms with Gasteiger partial charge in [0.15, 0.2) is 0 Å². The molecular formula is C25H31N5O. The van der Waals surface area contributed by atoms with Gasteiger partial charge in [-0.1, -0.05) is 26.2 Å². The summed E-state index contributed by atoms with van der Waals surface area (Å²) in [6.45, 7) is 4.58.